The standard InChI is InChI=1S/C17H26N2O3.C3H8/c1-13(18-16(20)22-17(2,3)4)14-5-7-15(8-6-14)19-9-11-21-12-10-19;1-3-2/h5-8,13H,9-12H2,1-4H3,(H,18,20);3H2,1-2H3. The third kappa shape index (κ3) is 8.25. The van der Waals surface area contributed by atoms with Crippen LogP contribution in [0.15, 0.2) is 24.3 Å². The SMILES string of the molecule is CC(NC(=O)OC(C)(C)C)c1ccc(N2CCOCC2)cc1.CCC. The summed E-state index contributed by atoms with van der Waals surface area (Å²) in [6, 6.07) is 8.19. The van der Waals surface area contributed by atoms with Gasteiger partial charge < -0.3 is 19.7 Å². The van der Waals surface area contributed by atoms with Crippen molar-refractivity contribution in [2.75, 3.05) is 31.2 Å². The van der Waals surface area contributed by atoms with Crippen molar-refractivity contribution in [2.24, 2.45) is 0 Å². The minimum Gasteiger partial charge on any atom is -0.444 e. The summed E-state index contributed by atoms with van der Waals surface area (Å²) >= 11 is 0. The van der Waals surface area contributed by atoms with E-state index in [0.29, 0.717) is 0 Å². The lowest BCUT2D eigenvalue weighted by Crippen LogP contribution is -2.36. The van der Waals surface area contributed by atoms with Gasteiger partial charge in [0.15, 0.2) is 0 Å². The van der Waals surface area contributed by atoms with Gasteiger partial charge in [-0.15, -0.1) is 0 Å². The highest BCUT2D eigenvalue weighted by atomic mass is 16.6. The molecular weight excluding hydrogens is 316 g/mol. The Hall–Kier alpha value is -1.75. The molecule has 1 aliphatic rings. The van der Waals surface area contributed by atoms with E-state index in [1.54, 1.807) is 0 Å². The highest BCUT2D eigenvalue weighted by molar-refractivity contribution is 5.68. The van der Waals surface area contributed by atoms with Gasteiger partial charge in [0, 0.05) is 18.8 Å². The number of ether oxygens (including phenoxy) is 2. The van der Waals surface area contributed by atoms with Crippen LogP contribution in [0, 0.1) is 0 Å². The normalized spacial score (nSPS) is 15.7. The molecule has 5 nitrogen and oxygen atoms in total. The molecule has 142 valence electrons. The zero-order chi connectivity index (χ0) is 18.9. The van der Waals surface area contributed by atoms with Gasteiger partial charge in [0.25, 0.3) is 0 Å². The lowest BCUT2D eigenvalue weighted by atomic mass is 10.1. The average molecular weight is 351 g/mol. The topological polar surface area (TPSA) is 50.8 Å². The number of carbonyl (C=O) groups is 1. The summed E-state index contributed by atoms with van der Waals surface area (Å²) in [5.74, 6) is 0. The Labute approximate surface area is 152 Å². The fraction of sp³-hybridized carbons (Fsp3) is 0.650. The van der Waals surface area contributed by atoms with Gasteiger partial charge in [-0.2, -0.15) is 0 Å². The molecule has 0 aromatic heterocycles. The van der Waals surface area contributed by atoms with Crippen LogP contribution in [-0.4, -0.2) is 38.0 Å². The van der Waals surface area contributed by atoms with Crippen LogP contribution in [0.5, 0.6) is 0 Å². The summed E-state index contributed by atoms with van der Waals surface area (Å²) < 4.78 is 10.6. The molecule has 25 heavy (non-hydrogen) atoms. The van der Waals surface area contributed by atoms with Crippen molar-refractivity contribution in [3.8, 4) is 0 Å². The second kappa shape index (κ2) is 10.3. The molecule has 0 bridgehead atoms. The van der Waals surface area contributed by atoms with Crippen LogP contribution in [0.1, 0.15) is 59.6 Å². The molecule has 1 amide bonds. The molecule has 1 atom stereocenters. The monoisotopic (exact) mass is 350 g/mol. The van der Waals surface area contributed by atoms with Gasteiger partial charge in [0.2, 0.25) is 0 Å². The Bertz CT molecular complexity index is 503. The van der Waals surface area contributed by atoms with Gasteiger partial charge in [-0.05, 0) is 45.4 Å². The number of anilines is 1. The molecule has 0 aliphatic carbocycles. The summed E-state index contributed by atoms with van der Waals surface area (Å²) in [6.45, 7) is 15.2. The molecule has 2 rings (SSSR count). The van der Waals surface area contributed by atoms with E-state index in [9.17, 15) is 4.79 Å². The zero-order valence-electron chi connectivity index (χ0n) is 16.6. The largest absolute Gasteiger partial charge is 0.444 e. The van der Waals surface area contributed by atoms with Gasteiger partial charge in [-0.3, -0.25) is 0 Å². The van der Waals surface area contributed by atoms with E-state index >= 15 is 0 Å². The minimum absolute atomic E-state index is 0.0893. The van der Waals surface area contributed by atoms with E-state index < -0.39 is 11.7 Å². The van der Waals surface area contributed by atoms with Crippen LogP contribution in [0.4, 0.5) is 10.5 Å². The molecule has 1 N–H and O–H groups in total. The van der Waals surface area contributed by atoms with E-state index in [1.807, 2.05) is 39.8 Å². The molecule has 1 fully saturated rings. The number of hydrogen-bond donors (Lipinski definition) is 1. The molecule has 1 aromatic rings. The minimum atomic E-state index is -0.482. The lowest BCUT2D eigenvalue weighted by molar-refractivity contribution is 0.0508. The number of nitrogens with one attached hydrogen (secondary N) is 1. The molecule has 1 saturated heterocycles. The Kier molecular flexibility index (Phi) is 8.76. The average Bonchev–Trinajstić information content (AvgIpc) is 2.55. The van der Waals surface area contributed by atoms with Crippen molar-refractivity contribution in [3.63, 3.8) is 0 Å². The molecule has 0 radical (unpaired) electrons. The van der Waals surface area contributed by atoms with Crippen LogP contribution in [0.2, 0.25) is 0 Å². The van der Waals surface area contributed by atoms with Gasteiger partial charge in [-0.1, -0.05) is 32.4 Å². The predicted molar refractivity (Wildman–Crippen MR) is 103 cm³/mol. The Morgan fingerprint density at radius 1 is 1.20 bits per heavy atom. The Balaban J connectivity index is 0.000000970. The summed E-state index contributed by atoms with van der Waals surface area (Å²) in [4.78, 5) is 14.1. The molecule has 0 saturated carbocycles. The number of nitrogens with zero attached hydrogens (tertiary/aromatic N) is 1. The third-order valence-corrected chi connectivity index (χ3v) is 3.50. The molecular formula is C20H34N2O3. The summed E-state index contributed by atoms with van der Waals surface area (Å²) in [7, 11) is 0. The smallest absolute Gasteiger partial charge is 0.408 e. The van der Waals surface area contributed by atoms with Crippen LogP contribution in [0.25, 0.3) is 0 Å². The maximum Gasteiger partial charge on any atom is 0.408 e. The molecule has 1 aromatic carbocycles. The van der Waals surface area contributed by atoms with E-state index in [1.165, 1.54) is 12.1 Å². The van der Waals surface area contributed by atoms with Crippen LogP contribution < -0.4 is 10.2 Å². The third-order valence-electron chi connectivity index (χ3n) is 3.50. The van der Waals surface area contributed by atoms with E-state index in [4.69, 9.17) is 9.47 Å². The fourth-order valence-corrected chi connectivity index (χ4v) is 2.36. The van der Waals surface area contributed by atoms with Crippen LogP contribution in [-0.2, 0) is 9.47 Å². The Morgan fingerprint density at radius 3 is 2.20 bits per heavy atom. The maximum absolute atomic E-state index is 11.8. The molecule has 1 unspecified atom stereocenters. The van der Waals surface area contributed by atoms with Crippen molar-refractivity contribution in [1.29, 1.82) is 0 Å². The van der Waals surface area contributed by atoms with Gasteiger partial charge >= 0.3 is 6.09 Å². The predicted octanol–water partition coefficient (Wildman–Crippen LogP) is 4.53. The van der Waals surface area contributed by atoms with Crippen molar-refractivity contribution >= 4 is 11.8 Å². The Morgan fingerprint density at radius 2 is 1.72 bits per heavy atom. The zero-order valence-corrected chi connectivity index (χ0v) is 16.6. The summed E-state index contributed by atoms with van der Waals surface area (Å²) in [5.41, 5.74) is 1.77. The summed E-state index contributed by atoms with van der Waals surface area (Å²) in [5, 5.41) is 2.86. The summed E-state index contributed by atoms with van der Waals surface area (Å²) in [6.07, 6.45) is 0.859. The van der Waals surface area contributed by atoms with Crippen molar-refractivity contribution in [2.45, 2.75) is 59.6 Å². The number of benzene rings is 1. The lowest BCUT2D eigenvalue weighted by Gasteiger charge is -2.29. The van der Waals surface area contributed by atoms with Gasteiger partial charge in [0.05, 0.1) is 19.3 Å². The van der Waals surface area contributed by atoms with Crippen LogP contribution in [0.3, 0.4) is 0 Å². The van der Waals surface area contributed by atoms with Gasteiger partial charge in [-0.25, -0.2) is 4.79 Å². The number of rotatable bonds is 3. The van der Waals surface area contributed by atoms with E-state index in [-0.39, 0.29) is 6.04 Å². The number of carbonyl (C=O) groups excluding carboxylic acids is 1. The number of alkyl carbamates (subject to hydrolysis) is 1. The van der Waals surface area contributed by atoms with E-state index in [2.05, 4.69) is 36.2 Å². The first-order valence-electron chi connectivity index (χ1n) is 9.19. The van der Waals surface area contributed by atoms with E-state index in [0.717, 1.165) is 31.9 Å². The molecule has 5 heteroatoms. The number of morpholine rings is 1. The van der Waals surface area contributed by atoms with Crippen LogP contribution >= 0.6 is 0 Å². The van der Waals surface area contributed by atoms with Gasteiger partial charge in [0.1, 0.15) is 5.60 Å². The van der Waals surface area contributed by atoms with Crippen molar-refractivity contribution in [3.05, 3.63) is 29.8 Å². The van der Waals surface area contributed by atoms with Crippen molar-refractivity contribution in [1.82, 2.24) is 5.32 Å². The first-order valence-corrected chi connectivity index (χ1v) is 9.19. The second-order valence-corrected chi connectivity index (χ2v) is 7.27. The molecule has 1 heterocycles. The first-order chi connectivity index (χ1) is 11.8. The number of amides is 1. The number of hydrogen-bond acceptors (Lipinski definition) is 4. The van der Waals surface area contributed by atoms with Crippen molar-refractivity contribution < 1.29 is 14.3 Å². The quantitative estimate of drug-likeness (QED) is 0.870. The highest BCUT2D eigenvalue weighted by Crippen LogP contribution is 2.20. The maximum atomic E-state index is 11.8. The highest BCUT2D eigenvalue weighted by Gasteiger charge is 2.18. The first kappa shape index (κ1) is 21.3. The fourth-order valence-electron chi connectivity index (χ4n) is 2.36. The molecule has 0 spiro atoms. The molecule has 1 aliphatic heterocycles. The second-order valence-electron chi connectivity index (χ2n) is 7.27.